The number of ether oxygens (including phenoxy) is 2. The summed E-state index contributed by atoms with van der Waals surface area (Å²) in [4.78, 5) is 13.5. The van der Waals surface area contributed by atoms with Gasteiger partial charge in [0.15, 0.2) is 0 Å². The van der Waals surface area contributed by atoms with Gasteiger partial charge in [-0.25, -0.2) is 4.79 Å². The van der Waals surface area contributed by atoms with Crippen molar-refractivity contribution in [3.8, 4) is 0 Å². The molecular formula is C15H21NO4. The minimum atomic E-state index is -0.847. The lowest BCUT2D eigenvalue weighted by Gasteiger charge is -2.32. The van der Waals surface area contributed by atoms with E-state index in [0.29, 0.717) is 25.4 Å². The molecule has 0 bridgehead atoms. The van der Waals surface area contributed by atoms with Crippen molar-refractivity contribution in [1.29, 1.82) is 0 Å². The van der Waals surface area contributed by atoms with E-state index in [1.807, 2.05) is 12.1 Å². The van der Waals surface area contributed by atoms with Crippen molar-refractivity contribution in [1.82, 2.24) is 0 Å². The predicted molar refractivity (Wildman–Crippen MR) is 76.6 cm³/mol. The number of anilines is 1. The van der Waals surface area contributed by atoms with Crippen LogP contribution in [-0.2, 0) is 15.9 Å². The molecule has 0 unspecified atom stereocenters. The molecule has 0 saturated heterocycles. The summed E-state index contributed by atoms with van der Waals surface area (Å²) in [7, 11) is 1.65. The molecule has 0 aliphatic carbocycles. The zero-order chi connectivity index (χ0) is 14.4. The van der Waals surface area contributed by atoms with E-state index in [9.17, 15) is 9.90 Å². The summed E-state index contributed by atoms with van der Waals surface area (Å²) in [5.41, 5.74) is 2.40. The summed E-state index contributed by atoms with van der Waals surface area (Å²) in [6.07, 6.45) is 1.81. The number of hydrogen-bond donors (Lipinski definition) is 1. The van der Waals surface area contributed by atoms with E-state index in [-0.39, 0.29) is 0 Å². The Morgan fingerprint density at radius 1 is 1.35 bits per heavy atom. The number of carboxylic acids is 1. The average molecular weight is 279 g/mol. The van der Waals surface area contributed by atoms with Crippen LogP contribution in [0, 0.1) is 0 Å². The highest BCUT2D eigenvalue weighted by Crippen LogP contribution is 2.29. The molecule has 0 amide bonds. The molecule has 1 aliphatic heterocycles. The second kappa shape index (κ2) is 7.26. The Morgan fingerprint density at radius 2 is 2.20 bits per heavy atom. The third-order valence-corrected chi connectivity index (χ3v) is 3.51. The first kappa shape index (κ1) is 14.8. The van der Waals surface area contributed by atoms with E-state index in [1.165, 1.54) is 0 Å². The van der Waals surface area contributed by atoms with Crippen molar-refractivity contribution in [3.63, 3.8) is 0 Å². The van der Waals surface area contributed by atoms with Crippen LogP contribution in [0.5, 0.6) is 0 Å². The summed E-state index contributed by atoms with van der Waals surface area (Å²) in [6, 6.07) is 5.49. The van der Waals surface area contributed by atoms with Gasteiger partial charge in [0, 0.05) is 25.9 Å². The van der Waals surface area contributed by atoms with Crippen LogP contribution in [-0.4, -0.2) is 51.1 Å². The first-order valence-corrected chi connectivity index (χ1v) is 6.91. The Bertz CT molecular complexity index is 461. The van der Waals surface area contributed by atoms with Crippen LogP contribution < -0.4 is 4.90 Å². The van der Waals surface area contributed by atoms with E-state index in [4.69, 9.17) is 9.47 Å². The fraction of sp³-hybridized carbons (Fsp3) is 0.533. The molecule has 0 saturated carbocycles. The molecule has 0 radical (unpaired) electrons. The number of carbonyl (C=O) groups is 1. The van der Waals surface area contributed by atoms with Gasteiger partial charge >= 0.3 is 5.97 Å². The highest BCUT2D eigenvalue weighted by Gasteiger charge is 2.21. The van der Waals surface area contributed by atoms with Gasteiger partial charge in [-0.1, -0.05) is 6.07 Å². The van der Waals surface area contributed by atoms with E-state index in [1.54, 1.807) is 13.2 Å². The maximum absolute atomic E-state index is 11.3. The molecule has 0 fully saturated rings. The Hall–Kier alpha value is -1.59. The molecule has 2 rings (SSSR count). The molecule has 5 heteroatoms. The lowest BCUT2D eigenvalue weighted by molar-refractivity contribution is 0.0695. The molecule has 1 aliphatic rings. The lowest BCUT2D eigenvalue weighted by Crippen LogP contribution is -2.33. The lowest BCUT2D eigenvalue weighted by atomic mass is 9.96. The molecule has 0 aromatic heterocycles. The number of methoxy groups -OCH3 is 1. The third-order valence-electron chi connectivity index (χ3n) is 3.51. The first-order chi connectivity index (χ1) is 9.74. The second-order valence-electron chi connectivity index (χ2n) is 4.80. The van der Waals surface area contributed by atoms with Gasteiger partial charge in [-0.3, -0.25) is 0 Å². The quantitative estimate of drug-likeness (QED) is 0.771. The molecule has 0 spiro atoms. The number of hydrogen-bond acceptors (Lipinski definition) is 4. The Balaban J connectivity index is 2.01. The topological polar surface area (TPSA) is 59.0 Å². The third kappa shape index (κ3) is 3.49. The Kier molecular flexibility index (Phi) is 5.38. The van der Waals surface area contributed by atoms with Crippen molar-refractivity contribution in [3.05, 3.63) is 29.3 Å². The maximum atomic E-state index is 11.3. The van der Waals surface area contributed by atoms with Gasteiger partial charge in [0.1, 0.15) is 0 Å². The standard InChI is InChI=1S/C15H21NO4/c1-19-10-11-20-9-8-16-7-3-5-12-13(15(17)18)4-2-6-14(12)16/h2,4,6H,3,5,7-11H2,1H3,(H,17,18). The average Bonchev–Trinajstić information content (AvgIpc) is 2.46. The van der Waals surface area contributed by atoms with Crippen LogP contribution in [0.1, 0.15) is 22.3 Å². The predicted octanol–water partition coefficient (Wildman–Crippen LogP) is 1.80. The van der Waals surface area contributed by atoms with Gasteiger partial charge in [0.25, 0.3) is 0 Å². The number of aromatic carboxylic acids is 1. The maximum Gasteiger partial charge on any atom is 0.336 e. The molecule has 1 aromatic rings. The van der Waals surface area contributed by atoms with Crippen molar-refractivity contribution in [2.75, 3.05) is 44.9 Å². The molecule has 1 aromatic carbocycles. The van der Waals surface area contributed by atoms with Crippen molar-refractivity contribution in [2.45, 2.75) is 12.8 Å². The van der Waals surface area contributed by atoms with E-state index < -0.39 is 5.97 Å². The molecule has 0 atom stereocenters. The van der Waals surface area contributed by atoms with Crippen LogP contribution in [0.4, 0.5) is 5.69 Å². The van der Waals surface area contributed by atoms with Crippen molar-refractivity contribution >= 4 is 11.7 Å². The number of fused-ring (bicyclic) bond motifs is 1. The summed E-state index contributed by atoms with van der Waals surface area (Å²) >= 11 is 0. The minimum absolute atomic E-state index is 0.424. The molecule has 1 N–H and O–H groups in total. The van der Waals surface area contributed by atoms with Gasteiger partial charge in [-0.2, -0.15) is 0 Å². The SMILES string of the molecule is COCCOCCN1CCCc2c(C(=O)O)cccc21. The number of benzene rings is 1. The van der Waals surface area contributed by atoms with Gasteiger partial charge in [-0.05, 0) is 30.5 Å². The fourth-order valence-electron chi connectivity index (χ4n) is 2.55. The fourth-order valence-corrected chi connectivity index (χ4v) is 2.55. The van der Waals surface area contributed by atoms with Crippen LogP contribution in [0.2, 0.25) is 0 Å². The second-order valence-corrected chi connectivity index (χ2v) is 4.80. The van der Waals surface area contributed by atoms with Crippen molar-refractivity contribution in [2.24, 2.45) is 0 Å². The van der Waals surface area contributed by atoms with Crippen LogP contribution in [0.15, 0.2) is 18.2 Å². The Morgan fingerprint density at radius 3 is 2.95 bits per heavy atom. The molecule has 20 heavy (non-hydrogen) atoms. The van der Waals surface area contributed by atoms with Crippen LogP contribution >= 0.6 is 0 Å². The summed E-state index contributed by atoms with van der Waals surface area (Å²) in [6.45, 7) is 3.54. The highest BCUT2D eigenvalue weighted by molar-refractivity contribution is 5.91. The normalized spacial score (nSPS) is 14.2. The molecular weight excluding hydrogens is 258 g/mol. The molecule has 110 valence electrons. The van der Waals surface area contributed by atoms with Gasteiger partial charge in [-0.15, -0.1) is 0 Å². The van der Waals surface area contributed by atoms with E-state index >= 15 is 0 Å². The van der Waals surface area contributed by atoms with Gasteiger partial charge in [0.2, 0.25) is 0 Å². The van der Waals surface area contributed by atoms with Gasteiger partial charge < -0.3 is 19.5 Å². The molecule has 1 heterocycles. The summed E-state index contributed by atoms with van der Waals surface area (Å²) in [5.74, 6) is -0.847. The number of carboxylic acid groups (broad SMARTS) is 1. The zero-order valence-electron chi connectivity index (χ0n) is 11.8. The number of rotatable bonds is 7. The number of nitrogens with zero attached hydrogens (tertiary/aromatic N) is 1. The largest absolute Gasteiger partial charge is 0.478 e. The smallest absolute Gasteiger partial charge is 0.336 e. The van der Waals surface area contributed by atoms with E-state index in [0.717, 1.165) is 37.2 Å². The monoisotopic (exact) mass is 279 g/mol. The van der Waals surface area contributed by atoms with E-state index in [2.05, 4.69) is 4.90 Å². The Labute approximate surface area is 119 Å². The minimum Gasteiger partial charge on any atom is -0.478 e. The van der Waals surface area contributed by atoms with Gasteiger partial charge in [0.05, 0.1) is 25.4 Å². The van der Waals surface area contributed by atoms with Crippen molar-refractivity contribution < 1.29 is 19.4 Å². The first-order valence-electron chi connectivity index (χ1n) is 6.91. The summed E-state index contributed by atoms with van der Waals surface area (Å²) in [5, 5.41) is 9.24. The van der Waals surface area contributed by atoms with Crippen LogP contribution in [0.25, 0.3) is 0 Å². The van der Waals surface area contributed by atoms with Crippen LogP contribution in [0.3, 0.4) is 0 Å². The highest BCUT2D eigenvalue weighted by atomic mass is 16.5. The summed E-state index contributed by atoms with van der Waals surface area (Å²) < 4.78 is 10.4. The molecule has 5 nitrogen and oxygen atoms in total. The zero-order valence-corrected chi connectivity index (χ0v) is 11.8.